The van der Waals surface area contributed by atoms with Crippen LogP contribution in [0.4, 0.5) is 20.6 Å². The molecule has 1 aliphatic heterocycles. The fourth-order valence-electron chi connectivity index (χ4n) is 4.54. The molecule has 41 heavy (non-hydrogen) atoms. The third kappa shape index (κ3) is 6.82. The number of rotatable bonds is 8. The lowest BCUT2D eigenvalue weighted by Gasteiger charge is -2.31. The third-order valence-electron chi connectivity index (χ3n) is 6.47. The highest BCUT2D eigenvalue weighted by atomic mass is 19.1. The van der Waals surface area contributed by atoms with Crippen molar-refractivity contribution in [3.63, 3.8) is 0 Å². The zero-order chi connectivity index (χ0) is 29.7. The Morgan fingerprint density at radius 2 is 1.71 bits per heavy atom. The predicted molar refractivity (Wildman–Crippen MR) is 144 cm³/mol. The molecule has 0 spiro atoms. The Hall–Kier alpha value is -5.33. The molecule has 212 valence electrons. The van der Waals surface area contributed by atoms with Crippen molar-refractivity contribution in [2.75, 3.05) is 18.4 Å². The SMILES string of the molecule is Cc1cccc(C(=O)N2CCN(C(=O)Nc3ccc(F)cc3)C2C(=O)NC(CC(=O)O)c2cccc([N+](=O)[O-])c2)c1. The van der Waals surface area contributed by atoms with E-state index < -0.39 is 53.2 Å². The summed E-state index contributed by atoms with van der Waals surface area (Å²) < 4.78 is 13.3. The van der Waals surface area contributed by atoms with E-state index in [9.17, 15) is 38.8 Å². The number of hydrogen-bond donors (Lipinski definition) is 3. The van der Waals surface area contributed by atoms with Crippen molar-refractivity contribution in [3.05, 3.63) is 105 Å². The Bertz CT molecular complexity index is 1500. The molecule has 2 atom stereocenters. The third-order valence-corrected chi connectivity index (χ3v) is 6.47. The zero-order valence-electron chi connectivity index (χ0n) is 21.8. The highest BCUT2D eigenvalue weighted by Gasteiger charge is 2.44. The number of hydrogen-bond acceptors (Lipinski definition) is 6. The first kappa shape index (κ1) is 28.7. The summed E-state index contributed by atoms with van der Waals surface area (Å²) in [6.07, 6.45) is -2.11. The number of non-ortho nitro benzene ring substituents is 1. The van der Waals surface area contributed by atoms with Crippen LogP contribution in [0.25, 0.3) is 0 Å². The molecule has 1 fully saturated rings. The molecular weight excluding hydrogens is 537 g/mol. The van der Waals surface area contributed by atoms with Gasteiger partial charge in [0, 0.05) is 36.5 Å². The lowest BCUT2D eigenvalue weighted by Crippen LogP contribution is -2.55. The Morgan fingerprint density at radius 3 is 2.37 bits per heavy atom. The van der Waals surface area contributed by atoms with Crippen molar-refractivity contribution in [2.45, 2.75) is 25.6 Å². The van der Waals surface area contributed by atoms with Gasteiger partial charge in [-0.05, 0) is 48.9 Å². The molecular formula is C28H26FN5O7. The monoisotopic (exact) mass is 563 g/mol. The van der Waals surface area contributed by atoms with Crippen molar-refractivity contribution < 1.29 is 33.6 Å². The first-order valence-electron chi connectivity index (χ1n) is 12.5. The van der Waals surface area contributed by atoms with Crippen LogP contribution in [-0.4, -0.2) is 62.9 Å². The van der Waals surface area contributed by atoms with Crippen LogP contribution in [0.15, 0.2) is 72.8 Å². The normalized spacial score (nSPS) is 15.2. The molecule has 3 aromatic rings. The zero-order valence-corrected chi connectivity index (χ0v) is 21.8. The molecule has 1 heterocycles. The van der Waals surface area contributed by atoms with Gasteiger partial charge < -0.3 is 20.6 Å². The van der Waals surface area contributed by atoms with E-state index in [2.05, 4.69) is 10.6 Å². The molecule has 12 nitrogen and oxygen atoms in total. The van der Waals surface area contributed by atoms with Gasteiger partial charge in [-0.15, -0.1) is 0 Å². The summed E-state index contributed by atoms with van der Waals surface area (Å²) >= 11 is 0. The average molecular weight is 564 g/mol. The molecule has 13 heteroatoms. The molecule has 0 bridgehead atoms. The number of carbonyl (C=O) groups excluding carboxylic acids is 3. The first-order valence-corrected chi connectivity index (χ1v) is 12.5. The van der Waals surface area contributed by atoms with Crippen LogP contribution in [0, 0.1) is 22.9 Å². The number of carbonyl (C=O) groups is 4. The van der Waals surface area contributed by atoms with Gasteiger partial charge in [-0.25, -0.2) is 9.18 Å². The summed E-state index contributed by atoms with van der Waals surface area (Å²) in [5.74, 6) is -3.19. The van der Waals surface area contributed by atoms with Crippen LogP contribution < -0.4 is 10.6 Å². The Kier molecular flexibility index (Phi) is 8.56. The van der Waals surface area contributed by atoms with Gasteiger partial charge in [0.05, 0.1) is 17.4 Å². The van der Waals surface area contributed by atoms with E-state index in [1.807, 2.05) is 0 Å². The van der Waals surface area contributed by atoms with Crippen molar-refractivity contribution >= 4 is 35.2 Å². The van der Waals surface area contributed by atoms with Crippen LogP contribution >= 0.6 is 0 Å². The van der Waals surface area contributed by atoms with Crippen molar-refractivity contribution in [3.8, 4) is 0 Å². The van der Waals surface area contributed by atoms with Crippen LogP contribution in [0.2, 0.25) is 0 Å². The van der Waals surface area contributed by atoms with Crippen molar-refractivity contribution in [1.29, 1.82) is 0 Å². The average Bonchev–Trinajstić information content (AvgIpc) is 3.39. The maximum absolute atomic E-state index is 13.8. The minimum atomic E-state index is -1.49. The fraction of sp³-hybridized carbons (Fsp3) is 0.214. The van der Waals surface area contributed by atoms with E-state index in [-0.39, 0.29) is 35.6 Å². The molecule has 1 saturated heterocycles. The molecule has 3 N–H and O–H groups in total. The van der Waals surface area contributed by atoms with Gasteiger partial charge in [0.25, 0.3) is 17.5 Å². The molecule has 0 aliphatic carbocycles. The minimum Gasteiger partial charge on any atom is -0.481 e. The molecule has 0 radical (unpaired) electrons. The van der Waals surface area contributed by atoms with Gasteiger partial charge in [-0.2, -0.15) is 0 Å². The van der Waals surface area contributed by atoms with E-state index >= 15 is 0 Å². The number of nitrogens with one attached hydrogen (secondary N) is 2. The smallest absolute Gasteiger partial charge is 0.323 e. The van der Waals surface area contributed by atoms with Crippen LogP contribution in [-0.2, 0) is 9.59 Å². The summed E-state index contributed by atoms with van der Waals surface area (Å²) in [4.78, 5) is 65.1. The number of benzene rings is 3. The van der Waals surface area contributed by atoms with E-state index in [4.69, 9.17) is 0 Å². The number of anilines is 1. The molecule has 4 amide bonds. The van der Waals surface area contributed by atoms with Gasteiger partial charge >= 0.3 is 12.0 Å². The minimum absolute atomic E-state index is 0.0118. The number of amides is 4. The van der Waals surface area contributed by atoms with Gasteiger partial charge in [0.1, 0.15) is 5.82 Å². The van der Waals surface area contributed by atoms with Crippen molar-refractivity contribution in [1.82, 2.24) is 15.1 Å². The number of urea groups is 1. The highest BCUT2D eigenvalue weighted by Crippen LogP contribution is 2.25. The van der Waals surface area contributed by atoms with Crippen molar-refractivity contribution in [2.24, 2.45) is 0 Å². The fourth-order valence-corrected chi connectivity index (χ4v) is 4.54. The van der Waals surface area contributed by atoms with Crippen LogP contribution in [0.1, 0.15) is 33.9 Å². The number of nitro groups is 1. The van der Waals surface area contributed by atoms with Gasteiger partial charge in [0.15, 0.2) is 6.17 Å². The Labute approximate surface area is 233 Å². The topological polar surface area (TPSA) is 162 Å². The molecule has 0 aromatic heterocycles. The molecule has 4 rings (SSSR count). The van der Waals surface area contributed by atoms with Gasteiger partial charge in [-0.1, -0.05) is 29.8 Å². The maximum atomic E-state index is 13.8. The van der Waals surface area contributed by atoms with E-state index in [1.165, 1.54) is 35.2 Å². The lowest BCUT2D eigenvalue weighted by atomic mass is 10.0. The lowest BCUT2D eigenvalue weighted by molar-refractivity contribution is -0.384. The summed E-state index contributed by atoms with van der Waals surface area (Å²) in [5.41, 5.74) is 1.19. The molecule has 0 saturated carbocycles. The molecule has 2 unspecified atom stereocenters. The molecule has 3 aromatic carbocycles. The van der Waals surface area contributed by atoms with Gasteiger partial charge in [-0.3, -0.25) is 29.4 Å². The second-order valence-corrected chi connectivity index (χ2v) is 9.38. The van der Waals surface area contributed by atoms with E-state index in [0.717, 1.165) is 28.7 Å². The highest BCUT2D eigenvalue weighted by molar-refractivity contribution is 6.00. The maximum Gasteiger partial charge on any atom is 0.323 e. The number of aliphatic carboxylic acids is 1. The van der Waals surface area contributed by atoms with Crippen LogP contribution in [0.3, 0.4) is 0 Å². The quantitative estimate of drug-likeness (QED) is 0.278. The number of nitrogens with zero attached hydrogens (tertiary/aromatic N) is 3. The second-order valence-electron chi connectivity index (χ2n) is 9.38. The standard InChI is InChI=1S/C28H26FN5O7/c1-17-4-2-6-19(14-17)27(38)32-12-13-33(28(39)30-21-10-8-20(29)9-11-21)26(32)25(37)31-23(16-24(35)36)18-5-3-7-22(15-18)34(40)41/h2-11,14-15,23,26H,12-13,16H2,1H3,(H,30,39)(H,31,37)(H,35,36). The first-order chi connectivity index (χ1) is 19.5. The largest absolute Gasteiger partial charge is 0.481 e. The summed E-state index contributed by atoms with van der Waals surface area (Å²) in [6, 6.07) is 14.8. The molecule has 1 aliphatic rings. The van der Waals surface area contributed by atoms with E-state index in [0.29, 0.717) is 0 Å². The van der Waals surface area contributed by atoms with Gasteiger partial charge in [0.2, 0.25) is 0 Å². The number of nitro benzene ring substituents is 1. The summed E-state index contributed by atoms with van der Waals surface area (Å²) in [6.45, 7) is 1.74. The summed E-state index contributed by atoms with van der Waals surface area (Å²) in [7, 11) is 0. The predicted octanol–water partition coefficient (Wildman–Crippen LogP) is 3.69. The van der Waals surface area contributed by atoms with Crippen LogP contribution in [0.5, 0.6) is 0 Å². The number of carboxylic acid groups (broad SMARTS) is 1. The second kappa shape index (κ2) is 12.2. The number of aryl methyl sites for hydroxylation is 1. The van der Waals surface area contributed by atoms with E-state index in [1.54, 1.807) is 31.2 Å². The number of halogens is 1. The Morgan fingerprint density at radius 1 is 1.02 bits per heavy atom. The summed E-state index contributed by atoms with van der Waals surface area (Å²) in [5, 5.41) is 25.9. The Balaban J connectivity index is 1.66. The number of carboxylic acids is 1.